The first-order valence-electron chi connectivity index (χ1n) is 3.92. The van der Waals surface area contributed by atoms with Crippen molar-refractivity contribution in [3.8, 4) is 0 Å². The Labute approximate surface area is 73.3 Å². The van der Waals surface area contributed by atoms with E-state index < -0.39 is 6.57 Å². The van der Waals surface area contributed by atoms with Crippen LogP contribution >= 0.6 is 18.0 Å². The van der Waals surface area contributed by atoms with E-state index >= 15 is 0 Å². The summed E-state index contributed by atoms with van der Waals surface area (Å²) in [5.74, 6) is 0. The highest BCUT2D eigenvalue weighted by molar-refractivity contribution is 8.56. The van der Waals surface area contributed by atoms with E-state index in [1.807, 2.05) is 6.92 Å². The molecule has 0 aromatic rings. The van der Waals surface area contributed by atoms with Gasteiger partial charge in [-0.3, -0.25) is 4.57 Å². The van der Waals surface area contributed by atoms with Gasteiger partial charge in [0.2, 0.25) is 0 Å². The molecular formula is C7H17O2PS. The van der Waals surface area contributed by atoms with Crippen LogP contribution in [-0.2, 0) is 9.09 Å². The molecule has 68 valence electrons. The highest BCUT2D eigenvalue weighted by atomic mass is 32.7. The summed E-state index contributed by atoms with van der Waals surface area (Å²) < 4.78 is 16.6. The molecule has 0 bridgehead atoms. The smallest absolute Gasteiger partial charge is 0.254 e. The van der Waals surface area contributed by atoms with Crippen LogP contribution in [0, 0.1) is 0 Å². The molecule has 0 aromatic carbocycles. The standard InChI is InChI=1S/C7H17O2PS/c1-5-7(3)11-10(4,8)9-6-2/h7H,5-6H2,1-4H3/t7-,10?/m0/s1. The zero-order valence-electron chi connectivity index (χ0n) is 7.66. The second kappa shape index (κ2) is 5.23. The molecular weight excluding hydrogens is 179 g/mol. The van der Waals surface area contributed by atoms with Crippen LogP contribution in [-0.4, -0.2) is 18.5 Å². The summed E-state index contributed by atoms with van der Waals surface area (Å²) in [4.78, 5) is 0. The van der Waals surface area contributed by atoms with Crippen molar-refractivity contribution in [3.63, 3.8) is 0 Å². The lowest BCUT2D eigenvalue weighted by Gasteiger charge is -2.15. The highest BCUT2D eigenvalue weighted by Gasteiger charge is 2.18. The second-order valence-corrected chi connectivity index (χ2v) is 7.95. The van der Waals surface area contributed by atoms with Crippen molar-refractivity contribution in [3.05, 3.63) is 0 Å². The molecule has 0 rings (SSSR count). The quantitative estimate of drug-likeness (QED) is 0.630. The lowest BCUT2D eigenvalue weighted by atomic mass is 10.4. The molecule has 11 heavy (non-hydrogen) atoms. The van der Waals surface area contributed by atoms with Gasteiger partial charge < -0.3 is 4.52 Å². The Morgan fingerprint density at radius 3 is 2.45 bits per heavy atom. The van der Waals surface area contributed by atoms with E-state index in [0.717, 1.165) is 6.42 Å². The topological polar surface area (TPSA) is 26.3 Å². The predicted octanol–water partition coefficient (Wildman–Crippen LogP) is 3.38. The summed E-state index contributed by atoms with van der Waals surface area (Å²) >= 11 is 1.46. The Morgan fingerprint density at radius 1 is 1.55 bits per heavy atom. The lowest BCUT2D eigenvalue weighted by Crippen LogP contribution is -1.94. The first kappa shape index (κ1) is 11.5. The van der Waals surface area contributed by atoms with E-state index in [1.54, 1.807) is 6.66 Å². The summed E-state index contributed by atoms with van der Waals surface area (Å²) in [7, 11) is 0. The van der Waals surface area contributed by atoms with Crippen LogP contribution in [0.5, 0.6) is 0 Å². The second-order valence-electron chi connectivity index (χ2n) is 2.51. The molecule has 0 saturated heterocycles. The van der Waals surface area contributed by atoms with Gasteiger partial charge in [-0.25, -0.2) is 0 Å². The summed E-state index contributed by atoms with van der Waals surface area (Å²) in [6, 6.07) is 0. The molecule has 0 saturated carbocycles. The molecule has 0 heterocycles. The minimum Gasteiger partial charge on any atom is -0.322 e. The highest BCUT2D eigenvalue weighted by Crippen LogP contribution is 2.58. The zero-order valence-corrected chi connectivity index (χ0v) is 9.37. The van der Waals surface area contributed by atoms with Gasteiger partial charge >= 0.3 is 0 Å². The van der Waals surface area contributed by atoms with E-state index in [2.05, 4.69) is 13.8 Å². The molecule has 0 aliphatic rings. The van der Waals surface area contributed by atoms with Crippen molar-refractivity contribution < 1.29 is 9.09 Å². The molecule has 0 aromatic heterocycles. The normalized spacial score (nSPS) is 19.3. The third-order valence-corrected chi connectivity index (χ3v) is 5.66. The fraction of sp³-hybridized carbons (Fsp3) is 1.00. The number of hydrogen-bond acceptors (Lipinski definition) is 3. The van der Waals surface area contributed by atoms with Crippen LogP contribution < -0.4 is 0 Å². The van der Waals surface area contributed by atoms with E-state index in [0.29, 0.717) is 11.9 Å². The Morgan fingerprint density at radius 2 is 2.09 bits per heavy atom. The van der Waals surface area contributed by atoms with Crippen molar-refractivity contribution in [2.45, 2.75) is 32.4 Å². The minimum atomic E-state index is -2.35. The molecule has 1 unspecified atom stereocenters. The van der Waals surface area contributed by atoms with Crippen LogP contribution in [0.25, 0.3) is 0 Å². The van der Waals surface area contributed by atoms with Crippen LogP contribution in [0.15, 0.2) is 0 Å². The Kier molecular flexibility index (Phi) is 5.49. The SMILES string of the molecule is CCOP(C)(=O)S[C@@H](C)CC. The van der Waals surface area contributed by atoms with Crippen LogP contribution in [0.1, 0.15) is 27.2 Å². The van der Waals surface area contributed by atoms with Gasteiger partial charge in [-0.15, -0.1) is 0 Å². The van der Waals surface area contributed by atoms with Gasteiger partial charge in [-0.05, 0) is 13.3 Å². The predicted molar refractivity (Wildman–Crippen MR) is 52.5 cm³/mol. The Bertz CT molecular complexity index is 149. The van der Waals surface area contributed by atoms with Crippen molar-refractivity contribution in [1.29, 1.82) is 0 Å². The monoisotopic (exact) mass is 196 g/mol. The summed E-state index contributed by atoms with van der Waals surface area (Å²) in [5.41, 5.74) is 0. The van der Waals surface area contributed by atoms with Gasteiger partial charge in [0.1, 0.15) is 0 Å². The van der Waals surface area contributed by atoms with Crippen molar-refractivity contribution in [1.82, 2.24) is 0 Å². The van der Waals surface area contributed by atoms with Gasteiger partial charge in [-0.1, -0.05) is 25.2 Å². The average molecular weight is 196 g/mol. The summed E-state index contributed by atoms with van der Waals surface area (Å²) in [6.07, 6.45) is 1.04. The van der Waals surface area contributed by atoms with Crippen molar-refractivity contribution in [2.24, 2.45) is 0 Å². The summed E-state index contributed by atoms with van der Waals surface area (Å²) in [6.45, 7) is 5.90. The van der Waals surface area contributed by atoms with E-state index in [1.165, 1.54) is 11.4 Å². The van der Waals surface area contributed by atoms with Crippen molar-refractivity contribution in [2.75, 3.05) is 13.3 Å². The van der Waals surface area contributed by atoms with E-state index in [4.69, 9.17) is 4.52 Å². The van der Waals surface area contributed by atoms with Gasteiger partial charge in [0.25, 0.3) is 6.57 Å². The largest absolute Gasteiger partial charge is 0.322 e. The molecule has 0 amide bonds. The molecule has 0 aliphatic heterocycles. The maximum Gasteiger partial charge on any atom is 0.254 e. The molecule has 0 fully saturated rings. The van der Waals surface area contributed by atoms with Crippen LogP contribution in [0.4, 0.5) is 0 Å². The van der Waals surface area contributed by atoms with E-state index in [-0.39, 0.29) is 0 Å². The third kappa shape index (κ3) is 5.77. The lowest BCUT2D eigenvalue weighted by molar-refractivity contribution is 0.349. The van der Waals surface area contributed by atoms with Crippen molar-refractivity contribution >= 4 is 18.0 Å². The molecule has 0 spiro atoms. The average Bonchev–Trinajstić information content (AvgIpc) is 1.86. The maximum atomic E-state index is 11.5. The Balaban J connectivity index is 3.81. The third-order valence-electron chi connectivity index (χ3n) is 1.31. The maximum absolute atomic E-state index is 11.5. The first-order chi connectivity index (χ1) is 5.02. The van der Waals surface area contributed by atoms with Gasteiger partial charge in [-0.2, -0.15) is 0 Å². The van der Waals surface area contributed by atoms with Crippen LogP contribution in [0.2, 0.25) is 0 Å². The van der Waals surface area contributed by atoms with Crippen LogP contribution in [0.3, 0.4) is 0 Å². The molecule has 2 atom stereocenters. The minimum absolute atomic E-state index is 0.428. The molecule has 4 heteroatoms. The molecule has 2 nitrogen and oxygen atoms in total. The molecule has 0 N–H and O–H groups in total. The Hall–Kier alpha value is 0.540. The zero-order chi connectivity index (χ0) is 8.91. The fourth-order valence-electron chi connectivity index (χ4n) is 0.666. The molecule has 0 aliphatic carbocycles. The fourth-order valence-corrected chi connectivity index (χ4v) is 4.91. The first-order valence-corrected chi connectivity index (χ1v) is 7.48. The van der Waals surface area contributed by atoms with Gasteiger partial charge in [0.15, 0.2) is 0 Å². The van der Waals surface area contributed by atoms with Gasteiger partial charge in [0.05, 0.1) is 6.61 Å². The number of hydrogen-bond donors (Lipinski definition) is 0. The van der Waals surface area contributed by atoms with E-state index in [9.17, 15) is 4.57 Å². The summed E-state index contributed by atoms with van der Waals surface area (Å²) in [5, 5.41) is 0.428. The molecule has 0 radical (unpaired) electrons. The van der Waals surface area contributed by atoms with Gasteiger partial charge in [0, 0.05) is 11.9 Å². The number of rotatable bonds is 5.